The number of carbonyl (C=O) groups excluding carboxylic acids is 3. The van der Waals surface area contributed by atoms with Gasteiger partial charge in [-0.15, -0.1) is 0 Å². The predicted molar refractivity (Wildman–Crippen MR) is 96.9 cm³/mol. The Bertz CT molecular complexity index is 701. The molecule has 0 bridgehead atoms. The molecule has 1 aromatic carbocycles. The fourth-order valence-electron chi connectivity index (χ4n) is 2.57. The Labute approximate surface area is 157 Å². The van der Waals surface area contributed by atoms with Gasteiger partial charge in [0.05, 0.1) is 36.9 Å². The summed E-state index contributed by atoms with van der Waals surface area (Å²) in [5.74, 6) is -0.383. The van der Waals surface area contributed by atoms with Gasteiger partial charge in [0, 0.05) is 0 Å². The molecular weight excluding hydrogens is 352 g/mol. The minimum atomic E-state index is -0.546. The first-order valence-corrected chi connectivity index (χ1v) is 8.86. The molecule has 1 aromatic rings. The van der Waals surface area contributed by atoms with E-state index in [4.69, 9.17) is 14.2 Å². The van der Waals surface area contributed by atoms with Crippen LogP contribution in [0.15, 0.2) is 41.6 Å². The van der Waals surface area contributed by atoms with Gasteiger partial charge in [0.25, 0.3) is 0 Å². The molecule has 2 N–H and O–H groups in total. The Morgan fingerprint density at radius 3 is 2.52 bits per heavy atom. The second-order valence-corrected chi connectivity index (χ2v) is 5.74. The standard InChI is InChI=1S/C19H24N2O6/c1-3-14-17(18(23)25-4-2)15(21-19(24)20-14)12-27-16(22)10-11-26-13-8-6-5-7-9-13/h5-9,14H,3-4,10-12H2,1-2H3,(H2,20,21,24)/t14-/m1/s1. The van der Waals surface area contributed by atoms with Crippen molar-refractivity contribution in [1.29, 1.82) is 0 Å². The van der Waals surface area contributed by atoms with Crippen molar-refractivity contribution >= 4 is 18.0 Å². The molecule has 0 aliphatic carbocycles. The van der Waals surface area contributed by atoms with Crippen molar-refractivity contribution in [2.45, 2.75) is 32.7 Å². The molecule has 0 spiro atoms. The molecule has 0 aromatic heterocycles. The van der Waals surface area contributed by atoms with Crippen LogP contribution in [0.2, 0.25) is 0 Å². The van der Waals surface area contributed by atoms with Crippen molar-refractivity contribution in [3.8, 4) is 5.75 Å². The van der Waals surface area contributed by atoms with E-state index in [9.17, 15) is 14.4 Å². The van der Waals surface area contributed by atoms with Gasteiger partial charge in [-0.05, 0) is 25.5 Å². The Morgan fingerprint density at radius 2 is 1.85 bits per heavy atom. The summed E-state index contributed by atoms with van der Waals surface area (Å²) in [7, 11) is 0. The number of ether oxygens (including phenoxy) is 3. The second kappa shape index (κ2) is 10.2. The van der Waals surface area contributed by atoms with Gasteiger partial charge in [0.15, 0.2) is 0 Å². The van der Waals surface area contributed by atoms with Crippen LogP contribution < -0.4 is 15.4 Å². The van der Waals surface area contributed by atoms with Crippen LogP contribution in [0.25, 0.3) is 0 Å². The smallest absolute Gasteiger partial charge is 0.338 e. The Morgan fingerprint density at radius 1 is 1.11 bits per heavy atom. The van der Waals surface area contributed by atoms with Crippen molar-refractivity contribution < 1.29 is 28.6 Å². The van der Waals surface area contributed by atoms with Crippen LogP contribution in [0, 0.1) is 0 Å². The quantitative estimate of drug-likeness (QED) is 0.638. The van der Waals surface area contributed by atoms with E-state index < -0.39 is 24.0 Å². The molecule has 8 heteroatoms. The first-order chi connectivity index (χ1) is 13.0. The van der Waals surface area contributed by atoms with E-state index in [0.29, 0.717) is 12.2 Å². The average molecular weight is 376 g/mol. The maximum Gasteiger partial charge on any atom is 0.338 e. The van der Waals surface area contributed by atoms with Crippen LogP contribution in [-0.4, -0.2) is 43.8 Å². The number of nitrogens with one attached hydrogen (secondary N) is 2. The molecule has 0 radical (unpaired) electrons. The first kappa shape index (κ1) is 20.3. The highest BCUT2D eigenvalue weighted by Crippen LogP contribution is 2.17. The third kappa shape index (κ3) is 6.02. The third-order valence-electron chi connectivity index (χ3n) is 3.84. The van der Waals surface area contributed by atoms with Crippen LogP contribution in [0.1, 0.15) is 26.7 Å². The summed E-state index contributed by atoms with van der Waals surface area (Å²) < 4.78 is 15.7. The van der Waals surface area contributed by atoms with Crippen molar-refractivity contribution in [3.05, 3.63) is 41.6 Å². The van der Waals surface area contributed by atoms with Gasteiger partial charge in [-0.1, -0.05) is 25.1 Å². The number of carbonyl (C=O) groups is 3. The molecule has 8 nitrogen and oxygen atoms in total. The van der Waals surface area contributed by atoms with E-state index in [1.165, 1.54) is 0 Å². The maximum atomic E-state index is 12.2. The average Bonchev–Trinajstić information content (AvgIpc) is 2.66. The zero-order valence-corrected chi connectivity index (χ0v) is 15.4. The van der Waals surface area contributed by atoms with Crippen LogP contribution in [-0.2, 0) is 19.1 Å². The Hall–Kier alpha value is -3.03. The number of para-hydroxylation sites is 1. The highest BCUT2D eigenvalue weighted by molar-refractivity contribution is 5.94. The van der Waals surface area contributed by atoms with Crippen LogP contribution in [0.3, 0.4) is 0 Å². The Kier molecular flexibility index (Phi) is 7.66. The summed E-state index contributed by atoms with van der Waals surface area (Å²) in [4.78, 5) is 35.9. The van der Waals surface area contributed by atoms with E-state index in [-0.39, 0.29) is 37.5 Å². The number of benzene rings is 1. The SMILES string of the molecule is CCOC(=O)C1=C(COC(=O)CCOc2ccccc2)NC(=O)N[C@@H]1CC. The summed E-state index contributed by atoms with van der Waals surface area (Å²) >= 11 is 0. The van der Waals surface area contributed by atoms with Gasteiger partial charge in [0.1, 0.15) is 12.4 Å². The molecule has 0 saturated heterocycles. The third-order valence-corrected chi connectivity index (χ3v) is 3.84. The number of hydrogen-bond donors (Lipinski definition) is 2. The Balaban J connectivity index is 1.94. The van der Waals surface area contributed by atoms with Crippen LogP contribution >= 0.6 is 0 Å². The van der Waals surface area contributed by atoms with Crippen molar-refractivity contribution in [2.24, 2.45) is 0 Å². The lowest BCUT2D eigenvalue weighted by Gasteiger charge is -2.28. The molecule has 0 saturated carbocycles. The number of rotatable bonds is 9. The van der Waals surface area contributed by atoms with Crippen molar-refractivity contribution in [2.75, 3.05) is 19.8 Å². The summed E-state index contributed by atoms with van der Waals surface area (Å²) in [6.45, 7) is 3.68. The summed E-state index contributed by atoms with van der Waals surface area (Å²) in [5, 5.41) is 5.18. The van der Waals surface area contributed by atoms with E-state index in [1.54, 1.807) is 19.1 Å². The summed E-state index contributed by atoms with van der Waals surface area (Å²) in [6.07, 6.45) is 0.546. The molecule has 0 fully saturated rings. The van der Waals surface area contributed by atoms with Gasteiger partial charge in [-0.2, -0.15) is 0 Å². The van der Waals surface area contributed by atoms with Gasteiger partial charge >= 0.3 is 18.0 Å². The fraction of sp³-hybridized carbons (Fsp3) is 0.421. The van der Waals surface area contributed by atoms with E-state index in [2.05, 4.69) is 10.6 Å². The van der Waals surface area contributed by atoms with Gasteiger partial charge in [-0.25, -0.2) is 9.59 Å². The van der Waals surface area contributed by atoms with Gasteiger partial charge in [0.2, 0.25) is 0 Å². The maximum absolute atomic E-state index is 12.2. The lowest BCUT2D eigenvalue weighted by atomic mass is 10.0. The van der Waals surface area contributed by atoms with Gasteiger partial charge < -0.3 is 24.8 Å². The molecular formula is C19H24N2O6. The topological polar surface area (TPSA) is 103 Å². The largest absolute Gasteiger partial charge is 0.493 e. The molecule has 1 aliphatic rings. The molecule has 146 valence electrons. The van der Waals surface area contributed by atoms with Crippen LogP contribution in [0.4, 0.5) is 4.79 Å². The summed E-state index contributed by atoms with van der Waals surface area (Å²) in [6, 6.07) is 8.17. The molecule has 27 heavy (non-hydrogen) atoms. The first-order valence-electron chi connectivity index (χ1n) is 8.86. The monoisotopic (exact) mass is 376 g/mol. The molecule has 1 atom stereocenters. The zero-order chi connectivity index (χ0) is 19.6. The van der Waals surface area contributed by atoms with E-state index in [1.807, 2.05) is 25.1 Å². The highest BCUT2D eigenvalue weighted by Gasteiger charge is 2.31. The minimum Gasteiger partial charge on any atom is -0.493 e. The molecule has 1 heterocycles. The lowest BCUT2D eigenvalue weighted by molar-refractivity contribution is -0.144. The number of urea groups is 1. The molecule has 0 unspecified atom stereocenters. The number of hydrogen-bond acceptors (Lipinski definition) is 6. The highest BCUT2D eigenvalue weighted by atomic mass is 16.5. The van der Waals surface area contributed by atoms with E-state index in [0.717, 1.165) is 0 Å². The predicted octanol–water partition coefficient (Wildman–Crippen LogP) is 1.91. The zero-order valence-electron chi connectivity index (χ0n) is 15.4. The minimum absolute atomic E-state index is 0.0420. The van der Waals surface area contributed by atoms with E-state index >= 15 is 0 Å². The van der Waals surface area contributed by atoms with Crippen molar-refractivity contribution in [3.63, 3.8) is 0 Å². The lowest BCUT2D eigenvalue weighted by Crippen LogP contribution is -2.51. The fourth-order valence-corrected chi connectivity index (χ4v) is 2.57. The molecule has 2 rings (SSSR count). The molecule has 1 aliphatic heterocycles. The van der Waals surface area contributed by atoms with Gasteiger partial charge in [-0.3, -0.25) is 4.79 Å². The van der Waals surface area contributed by atoms with Crippen LogP contribution in [0.5, 0.6) is 5.75 Å². The number of amides is 2. The molecule has 2 amide bonds. The second-order valence-electron chi connectivity index (χ2n) is 5.74. The van der Waals surface area contributed by atoms with Crippen molar-refractivity contribution in [1.82, 2.24) is 10.6 Å². The normalized spacial score (nSPS) is 16.2. The number of esters is 2. The summed E-state index contributed by atoms with van der Waals surface area (Å²) in [5.41, 5.74) is 0.508.